The van der Waals surface area contributed by atoms with Crippen LogP contribution in [0.2, 0.25) is 0 Å². The molecule has 0 aliphatic carbocycles. The van der Waals surface area contributed by atoms with Crippen LogP contribution < -0.4 is 4.90 Å². The van der Waals surface area contributed by atoms with Gasteiger partial charge in [-0.25, -0.2) is 0 Å². The van der Waals surface area contributed by atoms with E-state index in [1.165, 1.54) is 11.3 Å². The minimum atomic E-state index is 0.192. The van der Waals surface area contributed by atoms with Crippen molar-refractivity contribution in [3.63, 3.8) is 0 Å². The summed E-state index contributed by atoms with van der Waals surface area (Å²) >= 11 is 0. The number of aromatic amines is 1. The molecule has 1 aliphatic heterocycles. The second-order valence-corrected chi connectivity index (χ2v) is 7.32. The van der Waals surface area contributed by atoms with Gasteiger partial charge in [0.15, 0.2) is 5.78 Å². The van der Waals surface area contributed by atoms with Gasteiger partial charge in [0.25, 0.3) is 0 Å². The molecular weight excluding hydrogens is 322 g/mol. The molecule has 1 saturated heterocycles. The predicted octanol–water partition coefficient (Wildman–Crippen LogP) is 3.87. The lowest BCUT2D eigenvalue weighted by Crippen LogP contribution is -2.53. The number of H-pyrrole nitrogens is 1. The van der Waals surface area contributed by atoms with E-state index in [0.29, 0.717) is 12.6 Å². The number of aromatic nitrogens is 1. The highest BCUT2D eigenvalue weighted by Gasteiger charge is 2.25. The molecule has 0 saturated carbocycles. The molecular formula is C22H25N3O. The number of rotatable bonds is 4. The van der Waals surface area contributed by atoms with Crippen LogP contribution in [0.25, 0.3) is 10.9 Å². The zero-order valence-electron chi connectivity index (χ0n) is 15.4. The van der Waals surface area contributed by atoms with Gasteiger partial charge in [0.2, 0.25) is 0 Å². The Balaban J connectivity index is 1.41. The van der Waals surface area contributed by atoms with E-state index in [1.807, 2.05) is 30.5 Å². The Morgan fingerprint density at radius 1 is 1.15 bits per heavy atom. The van der Waals surface area contributed by atoms with Crippen molar-refractivity contribution in [2.24, 2.45) is 0 Å². The molecule has 4 rings (SSSR count). The number of ketones is 1. The van der Waals surface area contributed by atoms with Gasteiger partial charge >= 0.3 is 0 Å². The second kappa shape index (κ2) is 6.96. The molecule has 134 valence electrons. The van der Waals surface area contributed by atoms with Crippen molar-refractivity contribution in [1.29, 1.82) is 0 Å². The fraction of sp³-hybridized carbons (Fsp3) is 0.318. The topological polar surface area (TPSA) is 39.3 Å². The highest BCUT2D eigenvalue weighted by Crippen LogP contribution is 2.22. The summed E-state index contributed by atoms with van der Waals surface area (Å²) < 4.78 is 0. The Morgan fingerprint density at radius 2 is 2.04 bits per heavy atom. The third-order valence-corrected chi connectivity index (χ3v) is 5.29. The SMILES string of the molecule is Cc1cccc(N2CCN(CC(=O)c3ccc4cc[nH]c4c3)CC2C)c1. The van der Waals surface area contributed by atoms with E-state index in [9.17, 15) is 4.79 Å². The monoisotopic (exact) mass is 347 g/mol. The first-order valence-electron chi connectivity index (χ1n) is 9.26. The number of aryl methyl sites for hydroxylation is 1. The van der Waals surface area contributed by atoms with Gasteiger partial charge in [-0.2, -0.15) is 0 Å². The quantitative estimate of drug-likeness (QED) is 0.728. The van der Waals surface area contributed by atoms with E-state index in [0.717, 1.165) is 36.1 Å². The predicted molar refractivity (Wildman–Crippen MR) is 107 cm³/mol. The molecule has 1 unspecified atom stereocenters. The van der Waals surface area contributed by atoms with Gasteiger partial charge in [-0.15, -0.1) is 0 Å². The summed E-state index contributed by atoms with van der Waals surface area (Å²) in [6, 6.07) is 17.0. The van der Waals surface area contributed by atoms with Crippen molar-refractivity contribution >= 4 is 22.4 Å². The average molecular weight is 347 g/mol. The number of fused-ring (bicyclic) bond motifs is 1. The molecule has 2 aromatic carbocycles. The number of Topliss-reactive ketones (excluding diaryl/α,β-unsaturated/α-hetero) is 1. The lowest BCUT2D eigenvalue weighted by Gasteiger charge is -2.41. The Labute approximate surface area is 154 Å². The van der Waals surface area contributed by atoms with Crippen molar-refractivity contribution in [2.45, 2.75) is 19.9 Å². The number of carbonyl (C=O) groups excluding carboxylic acids is 1. The minimum Gasteiger partial charge on any atom is -0.366 e. The first-order chi connectivity index (χ1) is 12.6. The van der Waals surface area contributed by atoms with Crippen LogP contribution in [-0.2, 0) is 0 Å². The smallest absolute Gasteiger partial charge is 0.176 e. The van der Waals surface area contributed by atoms with Crippen molar-refractivity contribution in [3.8, 4) is 0 Å². The summed E-state index contributed by atoms with van der Waals surface area (Å²) in [4.78, 5) is 20.6. The van der Waals surface area contributed by atoms with Crippen LogP contribution in [0.5, 0.6) is 0 Å². The molecule has 26 heavy (non-hydrogen) atoms. The Bertz CT molecular complexity index is 930. The summed E-state index contributed by atoms with van der Waals surface area (Å²) in [6.07, 6.45) is 1.91. The van der Waals surface area contributed by atoms with Crippen LogP contribution in [0.3, 0.4) is 0 Å². The molecule has 1 fully saturated rings. The Hall–Kier alpha value is -2.59. The number of carbonyl (C=O) groups is 1. The molecule has 1 atom stereocenters. The molecule has 0 bridgehead atoms. The largest absolute Gasteiger partial charge is 0.366 e. The molecule has 2 heterocycles. The summed E-state index contributed by atoms with van der Waals surface area (Å²) in [5.41, 5.74) is 4.37. The summed E-state index contributed by atoms with van der Waals surface area (Å²) in [5, 5.41) is 1.14. The van der Waals surface area contributed by atoms with Crippen molar-refractivity contribution in [3.05, 3.63) is 65.9 Å². The molecule has 0 amide bonds. The van der Waals surface area contributed by atoms with Gasteiger partial charge in [0, 0.05) is 48.6 Å². The molecule has 1 aromatic heterocycles. The number of anilines is 1. The zero-order chi connectivity index (χ0) is 18.1. The highest BCUT2D eigenvalue weighted by molar-refractivity contribution is 6.00. The number of piperazine rings is 1. The van der Waals surface area contributed by atoms with Crippen molar-refractivity contribution in [1.82, 2.24) is 9.88 Å². The van der Waals surface area contributed by atoms with Gasteiger partial charge in [0.05, 0.1) is 6.54 Å². The Morgan fingerprint density at radius 3 is 2.85 bits per heavy atom. The zero-order valence-corrected chi connectivity index (χ0v) is 15.4. The fourth-order valence-electron chi connectivity index (χ4n) is 3.88. The number of nitrogens with zero attached hydrogens (tertiary/aromatic N) is 2. The number of hydrogen-bond donors (Lipinski definition) is 1. The maximum atomic E-state index is 12.7. The average Bonchev–Trinajstić information content (AvgIpc) is 3.09. The lowest BCUT2D eigenvalue weighted by atomic mass is 10.1. The molecule has 4 nitrogen and oxygen atoms in total. The fourth-order valence-corrected chi connectivity index (χ4v) is 3.88. The van der Waals surface area contributed by atoms with Gasteiger partial charge < -0.3 is 9.88 Å². The van der Waals surface area contributed by atoms with Crippen LogP contribution >= 0.6 is 0 Å². The first-order valence-corrected chi connectivity index (χ1v) is 9.26. The van der Waals surface area contributed by atoms with Gasteiger partial charge in [-0.1, -0.05) is 24.3 Å². The van der Waals surface area contributed by atoms with Crippen LogP contribution in [0.15, 0.2) is 54.7 Å². The molecule has 0 radical (unpaired) electrons. The number of benzene rings is 2. The maximum Gasteiger partial charge on any atom is 0.176 e. The standard InChI is InChI=1S/C22H25N3O/c1-16-4-3-5-20(12-16)25-11-10-24(14-17(25)2)15-22(26)19-7-6-18-8-9-23-21(18)13-19/h3-9,12-13,17,23H,10-11,14-15H2,1-2H3. The third-order valence-electron chi connectivity index (χ3n) is 5.29. The van der Waals surface area contributed by atoms with Crippen molar-refractivity contribution in [2.75, 3.05) is 31.1 Å². The molecule has 1 N–H and O–H groups in total. The van der Waals surface area contributed by atoms with Crippen LogP contribution in [-0.4, -0.2) is 47.9 Å². The Kier molecular flexibility index (Phi) is 4.51. The number of hydrogen-bond acceptors (Lipinski definition) is 3. The van der Waals surface area contributed by atoms with Crippen LogP contribution in [0.4, 0.5) is 5.69 Å². The van der Waals surface area contributed by atoms with Gasteiger partial charge in [-0.05, 0) is 49.1 Å². The third kappa shape index (κ3) is 3.37. The van der Waals surface area contributed by atoms with E-state index < -0.39 is 0 Å². The highest BCUT2D eigenvalue weighted by atomic mass is 16.1. The van der Waals surface area contributed by atoms with E-state index in [1.54, 1.807) is 0 Å². The molecule has 4 heteroatoms. The lowest BCUT2D eigenvalue weighted by molar-refractivity contribution is 0.0917. The molecule has 0 spiro atoms. The van der Waals surface area contributed by atoms with E-state index >= 15 is 0 Å². The summed E-state index contributed by atoms with van der Waals surface area (Å²) in [6.45, 7) is 7.62. The number of nitrogens with one attached hydrogen (secondary N) is 1. The summed E-state index contributed by atoms with van der Waals surface area (Å²) in [5.74, 6) is 0.192. The van der Waals surface area contributed by atoms with Gasteiger partial charge in [-0.3, -0.25) is 9.69 Å². The van der Waals surface area contributed by atoms with Crippen LogP contribution in [0.1, 0.15) is 22.8 Å². The van der Waals surface area contributed by atoms with E-state index in [2.05, 4.69) is 52.9 Å². The van der Waals surface area contributed by atoms with Gasteiger partial charge in [0.1, 0.15) is 0 Å². The molecule has 3 aromatic rings. The maximum absolute atomic E-state index is 12.7. The van der Waals surface area contributed by atoms with E-state index in [4.69, 9.17) is 0 Å². The van der Waals surface area contributed by atoms with Crippen molar-refractivity contribution < 1.29 is 4.79 Å². The van der Waals surface area contributed by atoms with Crippen LogP contribution in [0, 0.1) is 6.92 Å². The molecule has 1 aliphatic rings. The minimum absolute atomic E-state index is 0.192. The normalized spacial score (nSPS) is 18.4. The second-order valence-electron chi connectivity index (χ2n) is 7.32. The first kappa shape index (κ1) is 16.9. The van der Waals surface area contributed by atoms with E-state index in [-0.39, 0.29) is 5.78 Å². The summed E-state index contributed by atoms with van der Waals surface area (Å²) in [7, 11) is 0.